The summed E-state index contributed by atoms with van der Waals surface area (Å²) in [6.07, 6.45) is 1.83. The summed E-state index contributed by atoms with van der Waals surface area (Å²) in [5.74, 6) is 0.151. The third-order valence-electron chi connectivity index (χ3n) is 3.66. The highest BCUT2D eigenvalue weighted by Crippen LogP contribution is 2.25. The Morgan fingerprint density at radius 3 is 2.40 bits per heavy atom. The molecule has 2 rings (SSSR count). The standard InChI is InChI=1S/C18H22N2O3S2/c1-12-5-8-16(14(3)9-12)20-25(22,23)17-10-15(7-6-13(17)2)19-18(21)11-24-4/h5-10,20H,11H2,1-4H3,(H,19,21). The van der Waals surface area contributed by atoms with Gasteiger partial charge in [0.2, 0.25) is 5.91 Å². The number of carbonyl (C=O) groups excluding carboxylic acids is 1. The van der Waals surface area contributed by atoms with Gasteiger partial charge in [-0.25, -0.2) is 8.42 Å². The van der Waals surface area contributed by atoms with E-state index < -0.39 is 10.0 Å². The van der Waals surface area contributed by atoms with Crippen molar-refractivity contribution in [3.8, 4) is 0 Å². The normalized spacial score (nSPS) is 11.2. The Balaban J connectivity index is 2.33. The number of anilines is 2. The summed E-state index contributed by atoms with van der Waals surface area (Å²) in [7, 11) is -3.76. The van der Waals surface area contributed by atoms with E-state index in [1.807, 2.05) is 32.2 Å². The van der Waals surface area contributed by atoms with Crippen LogP contribution in [0.4, 0.5) is 11.4 Å². The van der Waals surface area contributed by atoms with Crippen LogP contribution in [-0.2, 0) is 14.8 Å². The molecule has 7 heteroatoms. The Morgan fingerprint density at radius 2 is 1.76 bits per heavy atom. The summed E-state index contributed by atoms with van der Waals surface area (Å²) in [4.78, 5) is 11.9. The van der Waals surface area contributed by atoms with Gasteiger partial charge >= 0.3 is 0 Å². The fourth-order valence-corrected chi connectivity index (χ4v) is 4.16. The molecule has 2 aromatic rings. The smallest absolute Gasteiger partial charge is 0.262 e. The Kier molecular flexibility index (Phi) is 6.13. The Hall–Kier alpha value is -1.99. The lowest BCUT2D eigenvalue weighted by Crippen LogP contribution is -2.17. The molecule has 2 N–H and O–H groups in total. The molecule has 0 aromatic heterocycles. The molecule has 134 valence electrons. The molecule has 0 spiro atoms. The van der Waals surface area contributed by atoms with Crippen LogP contribution in [0.1, 0.15) is 16.7 Å². The lowest BCUT2D eigenvalue weighted by Gasteiger charge is -2.14. The molecule has 0 saturated heterocycles. The average molecular weight is 379 g/mol. The molecule has 1 amide bonds. The largest absolute Gasteiger partial charge is 0.325 e. The molecule has 0 fully saturated rings. The topological polar surface area (TPSA) is 75.3 Å². The predicted molar refractivity (Wildman–Crippen MR) is 105 cm³/mol. The molecular weight excluding hydrogens is 356 g/mol. The van der Waals surface area contributed by atoms with E-state index in [2.05, 4.69) is 10.0 Å². The van der Waals surface area contributed by atoms with Gasteiger partial charge in [0.1, 0.15) is 0 Å². The summed E-state index contributed by atoms with van der Waals surface area (Å²) in [5.41, 5.74) is 3.54. The minimum Gasteiger partial charge on any atom is -0.325 e. The van der Waals surface area contributed by atoms with Crippen molar-refractivity contribution in [2.45, 2.75) is 25.7 Å². The van der Waals surface area contributed by atoms with E-state index in [4.69, 9.17) is 0 Å². The van der Waals surface area contributed by atoms with Crippen LogP contribution in [-0.4, -0.2) is 26.3 Å². The number of hydrogen-bond donors (Lipinski definition) is 2. The van der Waals surface area contributed by atoms with Crippen molar-refractivity contribution in [1.29, 1.82) is 0 Å². The fraction of sp³-hybridized carbons (Fsp3) is 0.278. The van der Waals surface area contributed by atoms with Gasteiger partial charge in [-0.15, -0.1) is 0 Å². The second-order valence-electron chi connectivity index (χ2n) is 5.89. The van der Waals surface area contributed by atoms with Crippen molar-refractivity contribution >= 4 is 39.1 Å². The number of carbonyl (C=O) groups is 1. The van der Waals surface area contributed by atoms with Gasteiger partial charge in [0.15, 0.2) is 0 Å². The van der Waals surface area contributed by atoms with Crippen molar-refractivity contribution in [1.82, 2.24) is 0 Å². The summed E-state index contributed by atoms with van der Waals surface area (Å²) in [6.45, 7) is 5.54. The number of nitrogens with one attached hydrogen (secondary N) is 2. The van der Waals surface area contributed by atoms with Crippen LogP contribution in [0.3, 0.4) is 0 Å². The van der Waals surface area contributed by atoms with E-state index in [1.165, 1.54) is 17.8 Å². The first-order valence-electron chi connectivity index (χ1n) is 7.72. The van der Waals surface area contributed by atoms with E-state index in [9.17, 15) is 13.2 Å². The van der Waals surface area contributed by atoms with Crippen molar-refractivity contribution in [3.05, 3.63) is 53.1 Å². The number of hydrogen-bond acceptors (Lipinski definition) is 4. The molecular formula is C18H22N2O3S2. The Labute approximate surface area is 153 Å². The summed E-state index contributed by atoms with van der Waals surface area (Å²) in [5, 5.41) is 2.71. The van der Waals surface area contributed by atoms with E-state index >= 15 is 0 Å². The molecule has 0 aliphatic carbocycles. The maximum atomic E-state index is 12.8. The first kappa shape index (κ1) is 19.3. The van der Waals surface area contributed by atoms with E-state index in [1.54, 1.807) is 25.1 Å². The van der Waals surface area contributed by atoms with Gasteiger partial charge in [-0.2, -0.15) is 11.8 Å². The molecule has 0 heterocycles. The second kappa shape index (κ2) is 7.93. The second-order valence-corrected chi connectivity index (χ2v) is 8.40. The van der Waals surface area contributed by atoms with Gasteiger partial charge < -0.3 is 5.32 Å². The van der Waals surface area contributed by atoms with Gasteiger partial charge in [0.25, 0.3) is 10.0 Å². The predicted octanol–water partition coefficient (Wildman–Crippen LogP) is 3.71. The third kappa shape index (κ3) is 4.99. The number of rotatable bonds is 6. The van der Waals surface area contributed by atoms with Crippen molar-refractivity contribution < 1.29 is 13.2 Å². The zero-order valence-electron chi connectivity index (χ0n) is 14.7. The molecule has 0 saturated carbocycles. The van der Waals surface area contributed by atoms with Gasteiger partial charge in [-0.1, -0.05) is 23.8 Å². The van der Waals surface area contributed by atoms with Crippen LogP contribution in [0.2, 0.25) is 0 Å². The van der Waals surface area contributed by atoms with Crippen LogP contribution in [0, 0.1) is 20.8 Å². The molecule has 0 unspecified atom stereocenters. The van der Waals surface area contributed by atoms with E-state index in [0.29, 0.717) is 22.7 Å². The average Bonchev–Trinajstić information content (AvgIpc) is 2.52. The zero-order chi connectivity index (χ0) is 18.6. The molecule has 25 heavy (non-hydrogen) atoms. The van der Waals surface area contributed by atoms with Crippen LogP contribution in [0.15, 0.2) is 41.3 Å². The molecule has 0 bridgehead atoms. The lowest BCUT2D eigenvalue weighted by molar-refractivity contribution is -0.113. The SMILES string of the molecule is CSCC(=O)Nc1ccc(C)c(S(=O)(=O)Nc2ccc(C)cc2C)c1. The van der Waals surface area contributed by atoms with E-state index in [-0.39, 0.29) is 10.8 Å². The number of aryl methyl sites for hydroxylation is 3. The molecule has 5 nitrogen and oxygen atoms in total. The van der Waals surface area contributed by atoms with Crippen LogP contribution in [0.25, 0.3) is 0 Å². The summed E-state index contributed by atoms with van der Waals surface area (Å²) >= 11 is 1.40. The van der Waals surface area contributed by atoms with Gasteiger partial charge in [-0.05, 0) is 56.4 Å². The van der Waals surface area contributed by atoms with Gasteiger partial charge in [0.05, 0.1) is 16.3 Å². The highest BCUT2D eigenvalue weighted by atomic mass is 32.2. The molecule has 2 aromatic carbocycles. The third-order valence-corrected chi connectivity index (χ3v) is 5.72. The summed E-state index contributed by atoms with van der Waals surface area (Å²) < 4.78 is 28.2. The van der Waals surface area contributed by atoms with E-state index in [0.717, 1.165) is 11.1 Å². The first-order chi connectivity index (χ1) is 11.7. The van der Waals surface area contributed by atoms with Crippen molar-refractivity contribution in [2.75, 3.05) is 22.0 Å². The summed E-state index contributed by atoms with van der Waals surface area (Å²) in [6, 6.07) is 10.4. The lowest BCUT2D eigenvalue weighted by atomic mass is 10.1. The highest BCUT2D eigenvalue weighted by molar-refractivity contribution is 7.99. The maximum absolute atomic E-state index is 12.8. The molecule has 0 radical (unpaired) electrons. The minimum atomic E-state index is -3.76. The fourth-order valence-electron chi connectivity index (χ4n) is 2.42. The number of amides is 1. The zero-order valence-corrected chi connectivity index (χ0v) is 16.3. The number of thioether (sulfide) groups is 1. The van der Waals surface area contributed by atoms with Crippen molar-refractivity contribution in [3.63, 3.8) is 0 Å². The Bertz CT molecular complexity index is 893. The van der Waals surface area contributed by atoms with Crippen LogP contribution in [0.5, 0.6) is 0 Å². The molecule has 0 atom stereocenters. The van der Waals surface area contributed by atoms with Gasteiger partial charge in [-0.3, -0.25) is 9.52 Å². The van der Waals surface area contributed by atoms with Crippen LogP contribution < -0.4 is 10.0 Å². The monoisotopic (exact) mass is 378 g/mol. The molecule has 0 aliphatic rings. The van der Waals surface area contributed by atoms with Crippen LogP contribution >= 0.6 is 11.8 Å². The molecule has 0 aliphatic heterocycles. The number of benzene rings is 2. The minimum absolute atomic E-state index is 0.148. The highest BCUT2D eigenvalue weighted by Gasteiger charge is 2.19. The van der Waals surface area contributed by atoms with Crippen molar-refractivity contribution in [2.24, 2.45) is 0 Å². The Morgan fingerprint density at radius 1 is 1.04 bits per heavy atom. The quantitative estimate of drug-likeness (QED) is 0.803. The van der Waals surface area contributed by atoms with Gasteiger partial charge in [0, 0.05) is 5.69 Å². The first-order valence-corrected chi connectivity index (χ1v) is 10.6. The maximum Gasteiger partial charge on any atom is 0.262 e. The number of sulfonamides is 1.